The molecule has 0 saturated carbocycles. The Kier molecular flexibility index (Phi) is 7.07. The van der Waals surface area contributed by atoms with Gasteiger partial charge in [-0.2, -0.15) is 0 Å². The lowest BCUT2D eigenvalue weighted by Crippen LogP contribution is -2.50. The third-order valence-electron chi connectivity index (χ3n) is 6.41. The second kappa shape index (κ2) is 10.1. The number of nitrogens with zero attached hydrogens (tertiary/aromatic N) is 3. The van der Waals surface area contributed by atoms with Gasteiger partial charge in [-0.1, -0.05) is 6.07 Å². The molecule has 162 valence electrons. The Balaban J connectivity index is 1.28. The maximum Gasteiger partial charge on any atom is 0.162 e. The fourth-order valence-electron chi connectivity index (χ4n) is 4.81. The number of rotatable bonds is 7. The highest BCUT2D eigenvalue weighted by Crippen LogP contribution is 2.31. The van der Waals surface area contributed by atoms with Gasteiger partial charge >= 0.3 is 0 Å². The van der Waals surface area contributed by atoms with Gasteiger partial charge in [-0.3, -0.25) is 14.8 Å². The van der Waals surface area contributed by atoms with E-state index in [1.54, 1.807) is 14.2 Å². The third-order valence-corrected chi connectivity index (χ3v) is 6.41. The molecule has 0 amide bonds. The smallest absolute Gasteiger partial charge is 0.162 e. The van der Waals surface area contributed by atoms with Crippen LogP contribution in [0, 0.1) is 0 Å². The van der Waals surface area contributed by atoms with Crippen molar-refractivity contribution in [1.29, 1.82) is 0 Å². The molecule has 0 unspecified atom stereocenters. The van der Waals surface area contributed by atoms with Crippen molar-refractivity contribution in [2.45, 2.75) is 44.3 Å². The van der Waals surface area contributed by atoms with E-state index in [9.17, 15) is 0 Å². The van der Waals surface area contributed by atoms with Crippen molar-refractivity contribution < 1.29 is 9.47 Å². The monoisotopic (exact) mass is 410 g/mol. The lowest BCUT2D eigenvalue weighted by molar-refractivity contribution is 0.0856. The second-order valence-electron chi connectivity index (χ2n) is 8.42. The predicted molar refractivity (Wildman–Crippen MR) is 120 cm³/mol. The molecular formula is C24H34N4O2. The first kappa shape index (κ1) is 20.9. The van der Waals surface area contributed by atoms with E-state index in [0.717, 1.165) is 30.3 Å². The lowest BCUT2D eigenvalue weighted by atomic mass is 9.97. The van der Waals surface area contributed by atoms with Crippen LogP contribution >= 0.6 is 0 Å². The molecule has 1 atom stereocenters. The van der Waals surface area contributed by atoms with Crippen LogP contribution in [0.5, 0.6) is 11.5 Å². The van der Waals surface area contributed by atoms with Crippen LogP contribution in [0.3, 0.4) is 0 Å². The number of ether oxygens (including phenoxy) is 2. The number of likely N-dealkylation sites (tertiary alicyclic amines) is 2. The molecule has 0 radical (unpaired) electrons. The average molecular weight is 411 g/mol. The fraction of sp³-hybridized carbons (Fsp3) is 0.542. The molecule has 2 saturated heterocycles. The molecule has 6 nitrogen and oxygen atoms in total. The number of benzene rings is 1. The second-order valence-corrected chi connectivity index (χ2v) is 8.42. The van der Waals surface area contributed by atoms with Gasteiger partial charge in [0.25, 0.3) is 0 Å². The summed E-state index contributed by atoms with van der Waals surface area (Å²) >= 11 is 0. The number of anilines is 1. The highest BCUT2D eigenvalue weighted by atomic mass is 16.5. The van der Waals surface area contributed by atoms with Crippen LogP contribution in [0.4, 0.5) is 5.69 Å². The molecule has 1 N–H and O–H groups in total. The minimum absolute atomic E-state index is 0.477. The summed E-state index contributed by atoms with van der Waals surface area (Å²) in [6, 6.07) is 11.5. The maximum absolute atomic E-state index is 5.45. The van der Waals surface area contributed by atoms with E-state index in [-0.39, 0.29) is 0 Å². The van der Waals surface area contributed by atoms with Crippen molar-refractivity contribution in [3.8, 4) is 11.5 Å². The van der Waals surface area contributed by atoms with E-state index in [1.807, 2.05) is 30.6 Å². The summed E-state index contributed by atoms with van der Waals surface area (Å²) in [4.78, 5) is 9.52. The number of methoxy groups -OCH3 is 2. The molecule has 0 spiro atoms. The molecule has 2 fully saturated rings. The number of hydrogen-bond donors (Lipinski definition) is 1. The molecular weight excluding hydrogens is 376 g/mol. The Bertz CT molecular complexity index is 793. The third kappa shape index (κ3) is 5.24. The Morgan fingerprint density at radius 3 is 2.60 bits per heavy atom. The Hall–Kier alpha value is -2.31. The first-order chi connectivity index (χ1) is 14.7. The van der Waals surface area contributed by atoms with Gasteiger partial charge in [0.05, 0.1) is 14.2 Å². The van der Waals surface area contributed by atoms with Crippen molar-refractivity contribution in [3.05, 3.63) is 48.3 Å². The van der Waals surface area contributed by atoms with Gasteiger partial charge in [0.15, 0.2) is 11.5 Å². The van der Waals surface area contributed by atoms with Crippen molar-refractivity contribution in [1.82, 2.24) is 14.8 Å². The molecule has 0 aliphatic carbocycles. The maximum atomic E-state index is 5.45. The molecule has 1 aromatic heterocycles. The summed E-state index contributed by atoms with van der Waals surface area (Å²) in [7, 11) is 3.36. The van der Waals surface area contributed by atoms with Gasteiger partial charge in [-0.25, -0.2) is 0 Å². The van der Waals surface area contributed by atoms with E-state index in [1.165, 1.54) is 50.9 Å². The van der Waals surface area contributed by atoms with Gasteiger partial charge in [0.2, 0.25) is 0 Å². The number of piperidine rings is 2. The highest BCUT2D eigenvalue weighted by molar-refractivity contribution is 5.55. The minimum Gasteiger partial charge on any atom is -0.493 e. The first-order valence-electron chi connectivity index (χ1n) is 11.1. The van der Waals surface area contributed by atoms with Gasteiger partial charge in [0.1, 0.15) is 0 Å². The van der Waals surface area contributed by atoms with Crippen LogP contribution < -0.4 is 14.8 Å². The van der Waals surface area contributed by atoms with Gasteiger partial charge in [-0.15, -0.1) is 0 Å². The van der Waals surface area contributed by atoms with Gasteiger partial charge in [-0.05, 0) is 69.1 Å². The summed E-state index contributed by atoms with van der Waals surface area (Å²) in [5.74, 6) is 1.54. The number of aromatic nitrogens is 1. The largest absolute Gasteiger partial charge is 0.493 e. The van der Waals surface area contributed by atoms with Crippen LogP contribution in [0.15, 0.2) is 42.7 Å². The molecule has 2 aliphatic rings. The topological polar surface area (TPSA) is 49.9 Å². The van der Waals surface area contributed by atoms with Crippen molar-refractivity contribution >= 4 is 5.69 Å². The quantitative estimate of drug-likeness (QED) is 0.752. The normalized spacial score (nSPS) is 21.3. The number of pyridine rings is 1. The zero-order chi connectivity index (χ0) is 20.8. The standard InChI is InChI=1S/C24H34N4O2/c1-29-23-8-7-20(15-24(23)30-2)26-21-6-4-12-28(18-21)22-9-13-27(14-10-22)17-19-5-3-11-25-16-19/h3,5,7-8,11,15-16,21-22,26H,4,6,9-10,12-14,17-18H2,1-2H3/t21-/m0/s1. The van der Waals surface area contributed by atoms with Crippen molar-refractivity contribution in [2.24, 2.45) is 0 Å². The lowest BCUT2D eigenvalue weighted by Gasteiger charge is -2.42. The molecule has 0 bridgehead atoms. The molecule has 2 aromatic rings. The Labute approximate surface area is 180 Å². The van der Waals surface area contributed by atoms with Crippen LogP contribution in [-0.4, -0.2) is 67.3 Å². The van der Waals surface area contributed by atoms with Gasteiger partial charge in [0, 0.05) is 49.3 Å². The summed E-state index contributed by atoms with van der Waals surface area (Å²) in [5, 5.41) is 3.72. The molecule has 30 heavy (non-hydrogen) atoms. The van der Waals surface area contributed by atoms with Crippen LogP contribution in [0.25, 0.3) is 0 Å². The molecule has 4 rings (SSSR count). The minimum atomic E-state index is 0.477. The predicted octanol–water partition coefficient (Wildman–Crippen LogP) is 3.64. The summed E-state index contributed by atoms with van der Waals surface area (Å²) in [6.07, 6.45) is 8.80. The zero-order valence-corrected chi connectivity index (χ0v) is 18.2. The Morgan fingerprint density at radius 1 is 1.03 bits per heavy atom. The van der Waals surface area contributed by atoms with E-state index >= 15 is 0 Å². The average Bonchev–Trinajstić information content (AvgIpc) is 2.80. The van der Waals surface area contributed by atoms with E-state index in [4.69, 9.17) is 9.47 Å². The highest BCUT2D eigenvalue weighted by Gasteiger charge is 2.29. The summed E-state index contributed by atoms with van der Waals surface area (Å²) in [5.41, 5.74) is 2.42. The van der Waals surface area contributed by atoms with E-state index in [2.05, 4.69) is 32.2 Å². The zero-order valence-electron chi connectivity index (χ0n) is 18.2. The first-order valence-corrected chi connectivity index (χ1v) is 11.1. The van der Waals surface area contributed by atoms with Crippen LogP contribution in [0.1, 0.15) is 31.2 Å². The van der Waals surface area contributed by atoms with E-state index in [0.29, 0.717) is 12.1 Å². The molecule has 1 aromatic carbocycles. The fourth-order valence-corrected chi connectivity index (χ4v) is 4.81. The van der Waals surface area contributed by atoms with Crippen LogP contribution in [0.2, 0.25) is 0 Å². The SMILES string of the molecule is COc1ccc(N[C@H]2CCCN(C3CCN(Cc4cccnc4)CC3)C2)cc1OC. The Morgan fingerprint density at radius 2 is 1.87 bits per heavy atom. The van der Waals surface area contributed by atoms with Crippen molar-refractivity contribution in [2.75, 3.05) is 45.7 Å². The van der Waals surface area contributed by atoms with Gasteiger partial charge < -0.3 is 14.8 Å². The number of nitrogens with one attached hydrogen (secondary N) is 1. The summed E-state index contributed by atoms with van der Waals surface area (Å²) in [6.45, 7) is 5.69. The van der Waals surface area contributed by atoms with Crippen molar-refractivity contribution in [3.63, 3.8) is 0 Å². The molecule has 2 aliphatic heterocycles. The summed E-state index contributed by atoms with van der Waals surface area (Å²) < 4.78 is 10.8. The molecule has 6 heteroatoms. The number of hydrogen-bond acceptors (Lipinski definition) is 6. The molecule has 3 heterocycles. The van der Waals surface area contributed by atoms with E-state index < -0.39 is 0 Å². The van der Waals surface area contributed by atoms with Crippen LogP contribution in [-0.2, 0) is 6.54 Å².